The van der Waals surface area contributed by atoms with Crippen LogP contribution >= 0.6 is 0 Å². The monoisotopic (exact) mass is 273 g/mol. The summed E-state index contributed by atoms with van der Waals surface area (Å²) >= 11 is 0. The molecular weight excluding hydrogens is 259 g/mol. The minimum Gasteiger partial charge on any atom is -0.461 e. The molecule has 6 heteroatoms. The first-order valence-corrected chi connectivity index (χ1v) is 5.59. The van der Waals surface area contributed by atoms with Crippen LogP contribution in [0.15, 0.2) is 24.8 Å². The third-order valence-electron chi connectivity index (χ3n) is 2.36. The van der Waals surface area contributed by atoms with Gasteiger partial charge in [-0.15, -0.1) is 0 Å². The van der Waals surface area contributed by atoms with Gasteiger partial charge in [-0.25, -0.2) is 13.2 Å². The Labute approximate surface area is 108 Å². The van der Waals surface area contributed by atoms with Gasteiger partial charge in [0.25, 0.3) is 0 Å². The smallest absolute Gasteiger partial charge is 0.307 e. The van der Waals surface area contributed by atoms with Crippen LogP contribution < -0.4 is 5.73 Å². The summed E-state index contributed by atoms with van der Waals surface area (Å²) in [5, 5.41) is 0. The van der Waals surface area contributed by atoms with Crippen LogP contribution in [0.4, 0.5) is 13.2 Å². The Kier molecular flexibility index (Phi) is 5.57. The van der Waals surface area contributed by atoms with Crippen LogP contribution in [0.25, 0.3) is 0 Å². The lowest BCUT2D eigenvalue weighted by atomic mass is 10.0. The molecule has 0 radical (unpaired) electrons. The summed E-state index contributed by atoms with van der Waals surface area (Å²) in [5.41, 5.74) is 5.55. The van der Waals surface area contributed by atoms with E-state index in [9.17, 15) is 18.0 Å². The van der Waals surface area contributed by atoms with Crippen LogP contribution in [0.5, 0.6) is 0 Å². The Balaban J connectivity index is 2.61. The van der Waals surface area contributed by atoms with Crippen LogP contribution in [0.2, 0.25) is 0 Å². The zero-order valence-electron chi connectivity index (χ0n) is 10.2. The largest absolute Gasteiger partial charge is 0.461 e. The van der Waals surface area contributed by atoms with Crippen molar-refractivity contribution in [3.63, 3.8) is 0 Å². The first-order valence-electron chi connectivity index (χ1n) is 5.59. The van der Waals surface area contributed by atoms with Crippen LogP contribution in [0.3, 0.4) is 0 Å². The van der Waals surface area contributed by atoms with Crippen molar-refractivity contribution in [2.75, 3.05) is 6.61 Å². The molecule has 0 fully saturated rings. The van der Waals surface area contributed by atoms with Crippen molar-refractivity contribution in [1.82, 2.24) is 0 Å². The zero-order valence-corrected chi connectivity index (χ0v) is 10.2. The highest BCUT2D eigenvalue weighted by molar-refractivity contribution is 5.70. The van der Waals surface area contributed by atoms with Gasteiger partial charge in [-0.1, -0.05) is 12.7 Å². The van der Waals surface area contributed by atoms with Crippen molar-refractivity contribution >= 4 is 5.97 Å². The van der Waals surface area contributed by atoms with Crippen molar-refractivity contribution in [1.29, 1.82) is 0 Å². The summed E-state index contributed by atoms with van der Waals surface area (Å²) in [7, 11) is 0. The summed E-state index contributed by atoms with van der Waals surface area (Å²) in [6, 6.07) is 0.448. The number of halogens is 3. The molecule has 1 aromatic carbocycles. The van der Waals surface area contributed by atoms with Crippen LogP contribution in [-0.2, 0) is 16.0 Å². The maximum absolute atomic E-state index is 13.3. The molecule has 0 aliphatic carbocycles. The van der Waals surface area contributed by atoms with Gasteiger partial charge in [-0.2, -0.15) is 0 Å². The molecule has 0 aromatic heterocycles. The predicted molar refractivity (Wildman–Crippen MR) is 63.8 cm³/mol. The first kappa shape index (κ1) is 15.2. The fourth-order valence-electron chi connectivity index (χ4n) is 1.50. The van der Waals surface area contributed by atoms with E-state index in [1.807, 2.05) is 0 Å². The Morgan fingerprint density at radius 2 is 1.95 bits per heavy atom. The van der Waals surface area contributed by atoms with Crippen molar-refractivity contribution in [2.45, 2.75) is 18.9 Å². The Morgan fingerprint density at radius 3 is 2.58 bits per heavy atom. The third-order valence-corrected chi connectivity index (χ3v) is 2.36. The molecule has 0 aliphatic heterocycles. The quantitative estimate of drug-likeness (QED) is 0.490. The van der Waals surface area contributed by atoms with Crippen molar-refractivity contribution in [2.24, 2.45) is 5.73 Å². The average Bonchev–Trinajstić information content (AvgIpc) is 2.33. The second kappa shape index (κ2) is 6.94. The van der Waals surface area contributed by atoms with Gasteiger partial charge in [0.05, 0.1) is 6.42 Å². The number of benzene rings is 1. The second-order valence-electron chi connectivity index (χ2n) is 4.00. The topological polar surface area (TPSA) is 52.3 Å². The summed E-state index contributed by atoms with van der Waals surface area (Å²) in [6.45, 7) is 3.43. The maximum Gasteiger partial charge on any atom is 0.307 e. The standard InChI is InChI=1S/C13H14F3NO2/c1-2-3-19-13(18)6-9(17)4-8-5-11(15)12(16)7-10(8)14/h2,5,7,9H,1,3-4,6,17H2. The molecule has 0 spiro atoms. The van der Waals surface area contributed by atoms with Gasteiger partial charge in [0.1, 0.15) is 12.4 Å². The minimum atomic E-state index is -1.26. The molecule has 0 amide bonds. The third kappa shape index (κ3) is 4.75. The average molecular weight is 273 g/mol. The molecule has 104 valence electrons. The number of hydrogen-bond acceptors (Lipinski definition) is 3. The van der Waals surface area contributed by atoms with Gasteiger partial charge in [-0.05, 0) is 18.1 Å². The fraction of sp³-hybridized carbons (Fsp3) is 0.308. The van der Waals surface area contributed by atoms with E-state index in [0.717, 1.165) is 6.07 Å². The molecule has 0 bridgehead atoms. The van der Waals surface area contributed by atoms with Crippen molar-refractivity contribution < 1.29 is 22.7 Å². The molecule has 1 aromatic rings. The number of nitrogens with two attached hydrogens (primary N) is 1. The summed E-state index contributed by atoms with van der Waals surface area (Å²) in [5.74, 6) is -3.87. The lowest BCUT2D eigenvalue weighted by Crippen LogP contribution is -2.27. The second-order valence-corrected chi connectivity index (χ2v) is 4.00. The molecule has 0 saturated carbocycles. The fourth-order valence-corrected chi connectivity index (χ4v) is 1.50. The van der Waals surface area contributed by atoms with Crippen LogP contribution in [0.1, 0.15) is 12.0 Å². The molecule has 2 N–H and O–H groups in total. The van der Waals surface area contributed by atoms with E-state index in [0.29, 0.717) is 6.07 Å². The molecular formula is C13H14F3NO2. The summed E-state index contributed by atoms with van der Waals surface area (Å²) in [4.78, 5) is 11.2. The normalized spacial score (nSPS) is 12.0. The molecule has 0 aliphatic rings. The first-order chi connectivity index (χ1) is 8.93. The number of rotatable bonds is 6. The van der Waals surface area contributed by atoms with Crippen molar-refractivity contribution in [3.05, 3.63) is 47.8 Å². The summed E-state index contributed by atoms with van der Waals surface area (Å²) in [6.07, 6.45) is 1.16. The van der Waals surface area contributed by atoms with E-state index in [4.69, 9.17) is 10.5 Å². The van der Waals surface area contributed by atoms with E-state index in [2.05, 4.69) is 6.58 Å². The van der Waals surface area contributed by atoms with Gasteiger partial charge in [-0.3, -0.25) is 4.79 Å². The van der Waals surface area contributed by atoms with Crippen LogP contribution in [-0.4, -0.2) is 18.6 Å². The minimum absolute atomic E-state index is 0.0606. The number of hydrogen-bond donors (Lipinski definition) is 1. The van der Waals surface area contributed by atoms with E-state index < -0.39 is 29.5 Å². The Hall–Kier alpha value is -1.82. The molecule has 0 heterocycles. The highest BCUT2D eigenvalue weighted by atomic mass is 19.2. The van der Waals surface area contributed by atoms with Gasteiger partial charge < -0.3 is 10.5 Å². The maximum atomic E-state index is 13.3. The molecule has 3 nitrogen and oxygen atoms in total. The molecule has 19 heavy (non-hydrogen) atoms. The highest BCUT2D eigenvalue weighted by Gasteiger charge is 2.15. The van der Waals surface area contributed by atoms with Crippen molar-refractivity contribution in [3.8, 4) is 0 Å². The van der Waals surface area contributed by atoms with Crippen LogP contribution in [0, 0.1) is 17.5 Å². The molecule has 1 atom stereocenters. The van der Waals surface area contributed by atoms with Gasteiger partial charge in [0, 0.05) is 12.1 Å². The lowest BCUT2D eigenvalue weighted by Gasteiger charge is -2.11. The zero-order chi connectivity index (χ0) is 14.4. The predicted octanol–water partition coefficient (Wildman–Crippen LogP) is 2.09. The number of carbonyl (C=O) groups is 1. The van der Waals surface area contributed by atoms with E-state index in [1.165, 1.54) is 6.08 Å². The summed E-state index contributed by atoms with van der Waals surface area (Å²) < 4.78 is 43.7. The van der Waals surface area contributed by atoms with Gasteiger partial charge in [0.2, 0.25) is 0 Å². The van der Waals surface area contributed by atoms with E-state index >= 15 is 0 Å². The molecule has 1 rings (SSSR count). The molecule has 1 unspecified atom stereocenters. The van der Waals surface area contributed by atoms with Gasteiger partial charge in [0.15, 0.2) is 11.6 Å². The van der Waals surface area contributed by atoms with E-state index in [-0.39, 0.29) is 25.0 Å². The number of esters is 1. The molecule has 0 saturated heterocycles. The number of ether oxygens (including phenoxy) is 1. The highest BCUT2D eigenvalue weighted by Crippen LogP contribution is 2.15. The van der Waals surface area contributed by atoms with E-state index in [1.54, 1.807) is 0 Å². The van der Waals surface area contributed by atoms with Gasteiger partial charge >= 0.3 is 5.97 Å². The Bertz CT molecular complexity index is 477. The SMILES string of the molecule is C=CCOC(=O)CC(N)Cc1cc(F)c(F)cc1F. The lowest BCUT2D eigenvalue weighted by molar-refractivity contribution is -0.142. The Morgan fingerprint density at radius 1 is 1.32 bits per heavy atom. The number of carbonyl (C=O) groups excluding carboxylic acids is 1.